The molecule has 46 heavy (non-hydrogen) atoms. The summed E-state index contributed by atoms with van der Waals surface area (Å²) in [4.78, 5) is 10.0. The fraction of sp³-hybridized carbons (Fsp3) is 0. The summed E-state index contributed by atoms with van der Waals surface area (Å²) < 4.78 is 4.76. The van der Waals surface area contributed by atoms with Crippen LogP contribution in [0.25, 0.3) is 88.0 Å². The number of rotatable bonds is 3. The Kier molecular flexibility index (Phi) is 5.25. The Hall–Kier alpha value is -6.26. The lowest BCUT2D eigenvalue weighted by molar-refractivity contribution is 1.10. The molecule has 0 aliphatic heterocycles. The van der Waals surface area contributed by atoms with Gasteiger partial charge in [0.25, 0.3) is 0 Å². The molecular weight excluding hydrogens is 560 g/mol. The van der Waals surface area contributed by atoms with E-state index in [1.54, 1.807) is 0 Å². The highest BCUT2D eigenvalue weighted by Gasteiger charge is 2.22. The van der Waals surface area contributed by atoms with Crippen molar-refractivity contribution in [1.29, 1.82) is 0 Å². The van der Waals surface area contributed by atoms with Gasteiger partial charge in [-0.2, -0.15) is 0 Å². The number of hydrogen-bond donors (Lipinski definition) is 0. The predicted molar refractivity (Wildman–Crippen MR) is 191 cm³/mol. The number of fused-ring (bicyclic) bond motifs is 9. The average molecular weight is 587 g/mol. The lowest BCUT2D eigenvalue weighted by Gasteiger charge is -2.14. The van der Waals surface area contributed by atoms with Crippen LogP contribution in [0.5, 0.6) is 0 Å². The van der Waals surface area contributed by atoms with Crippen molar-refractivity contribution in [3.05, 3.63) is 158 Å². The molecule has 0 fully saturated rings. The smallest absolute Gasteiger partial charge is 0.146 e. The van der Waals surface area contributed by atoms with Crippen molar-refractivity contribution in [2.75, 3.05) is 0 Å². The van der Waals surface area contributed by atoms with Crippen molar-refractivity contribution in [1.82, 2.24) is 19.1 Å². The molecule has 4 heterocycles. The number of pyridine rings is 2. The Morgan fingerprint density at radius 3 is 2.04 bits per heavy atom. The number of hydrogen-bond acceptors (Lipinski definition) is 2. The minimum atomic E-state index is 0.869. The highest BCUT2D eigenvalue weighted by molar-refractivity contribution is 6.25. The average Bonchev–Trinajstić information content (AvgIpc) is 3.63. The molecule has 0 bridgehead atoms. The van der Waals surface area contributed by atoms with Crippen molar-refractivity contribution in [3.63, 3.8) is 0 Å². The van der Waals surface area contributed by atoms with Gasteiger partial charge in [0.1, 0.15) is 5.82 Å². The van der Waals surface area contributed by atoms with Gasteiger partial charge in [0.05, 0.1) is 33.1 Å². The van der Waals surface area contributed by atoms with Crippen molar-refractivity contribution >= 4 is 65.4 Å². The molecule has 6 aromatic carbocycles. The third-order valence-corrected chi connectivity index (χ3v) is 9.32. The van der Waals surface area contributed by atoms with E-state index >= 15 is 0 Å². The summed E-state index contributed by atoms with van der Waals surface area (Å²) in [5, 5.41) is 7.42. The van der Waals surface area contributed by atoms with Crippen LogP contribution in [0.1, 0.15) is 0 Å². The summed E-state index contributed by atoms with van der Waals surface area (Å²) in [7, 11) is 0. The van der Waals surface area contributed by atoms with Crippen LogP contribution in [-0.4, -0.2) is 19.1 Å². The molecule has 4 nitrogen and oxygen atoms in total. The van der Waals surface area contributed by atoms with E-state index < -0.39 is 0 Å². The van der Waals surface area contributed by atoms with Gasteiger partial charge < -0.3 is 4.57 Å². The van der Waals surface area contributed by atoms with Crippen LogP contribution in [0.15, 0.2) is 158 Å². The van der Waals surface area contributed by atoms with Crippen LogP contribution in [0, 0.1) is 0 Å². The van der Waals surface area contributed by atoms with Crippen molar-refractivity contribution < 1.29 is 0 Å². The monoisotopic (exact) mass is 586 g/mol. The van der Waals surface area contributed by atoms with E-state index in [-0.39, 0.29) is 0 Å². The molecule has 0 aliphatic rings. The van der Waals surface area contributed by atoms with Crippen molar-refractivity contribution in [2.45, 2.75) is 0 Å². The largest absolute Gasteiger partial charge is 0.309 e. The van der Waals surface area contributed by atoms with Gasteiger partial charge in [-0.15, -0.1) is 0 Å². The maximum atomic E-state index is 5.33. The van der Waals surface area contributed by atoms with Crippen LogP contribution in [0.4, 0.5) is 0 Å². The van der Waals surface area contributed by atoms with Crippen LogP contribution in [0.2, 0.25) is 0 Å². The van der Waals surface area contributed by atoms with Crippen molar-refractivity contribution in [2.24, 2.45) is 0 Å². The molecule has 4 heteroatoms. The fourth-order valence-electron chi connectivity index (χ4n) is 7.32. The first-order valence-corrected chi connectivity index (χ1v) is 15.6. The maximum Gasteiger partial charge on any atom is 0.146 e. The molecular formula is C42H26N4. The van der Waals surface area contributed by atoms with Crippen LogP contribution in [-0.2, 0) is 0 Å². The van der Waals surface area contributed by atoms with E-state index in [1.807, 2.05) is 18.3 Å². The van der Waals surface area contributed by atoms with Gasteiger partial charge in [0, 0.05) is 39.0 Å². The fourth-order valence-corrected chi connectivity index (χ4v) is 7.32. The van der Waals surface area contributed by atoms with E-state index in [1.165, 1.54) is 37.8 Å². The normalized spacial score (nSPS) is 11.9. The third-order valence-electron chi connectivity index (χ3n) is 9.32. The molecule has 0 saturated carbocycles. The second-order valence-corrected chi connectivity index (χ2v) is 11.9. The number of para-hydroxylation sites is 2. The van der Waals surface area contributed by atoms with E-state index in [2.05, 4.69) is 154 Å². The zero-order valence-electron chi connectivity index (χ0n) is 24.8. The van der Waals surface area contributed by atoms with E-state index in [0.29, 0.717) is 0 Å². The topological polar surface area (TPSA) is 35.6 Å². The van der Waals surface area contributed by atoms with Gasteiger partial charge in [-0.1, -0.05) is 97.1 Å². The van der Waals surface area contributed by atoms with Gasteiger partial charge in [-0.3, -0.25) is 9.55 Å². The van der Waals surface area contributed by atoms with E-state index in [0.717, 1.165) is 50.2 Å². The molecule has 0 aliphatic carbocycles. The third kappa shape index (κ3) is 3.55. The molecule has 10 aromatic rings. The Morgan fingerprint density at radius 2 is 1.17 bits per heavy atom. The zero-order valence-corrected chi connectivity index (χ0v) is 24.8. The molecule has 4 aromatic heterocycles. The number of aromatic nitrogens is 4. The Balaban J connectivity index is 1.41. The summed E-state index contributed by atoms with van der Waals surface area (Å²) in [6, 6.07) is 54.1. The molecule has 0 spiro atoms. The first kappa shape index (κ1) is 25.1. The van der Waals surface area contributed by atoms with E-state index in [4.69, 9.17) is 4.98 Å². The highest BCUT2D eigenvalue weighted by Crippen LogP contribution is 2.42. The first-order chi connectivity index (χ1) is 22.8. The second-order valence-electron chi connectivity index (χ2n) is 11.9. The molecule has 10 rings (SSSR count). The molecule has 0 N–H and O–H groups in total. The van der Waals surface area contributed by atoms with Crippen molar-refractivity contribution in [3.8, 4) is 22.6 Å². The molecule has 214 valence electrons. The minimum Gasteiger partial charge on any atom is -0.309 e. The molecule has 0 saturated heterocycles. The van der Waals surface area contributed by atoms with Crippen LogP contribution >= 0.6 is 0 Å². The molecule has 0 radical (unpaired) electrons. The summed E-state index contributed by atoms with van der Waals surface area (Å²) >= 11 is 0. The number of nitrogens with zero attached hydrogens (tertiary/aromatic N) is 4. The summed E-state index contributed by atoms with van der Waals surface area (Å²) in [6.45, 7) is 0. The SMILES string of the molecule is c1ccc(-c2cc3ncccc3nc2-n2c3ccccc3c3cc4c5c6ccccc6ccc5n(-c5ccccc5)c4cc32)cc1. The van der Waals surface area contributed by atoms with Gasteiger partial charge >= 0.3 is 0 Å². The summed E-state index contributed by atoms with van der Waals surface area (Å²) in [5.41, 5.74) is 9.64. The van der Waals surface area contributed by atoms with Gasteiger partial charge in [0.15, 0.2) is 0 Å². The first-order valence-electron chi connectivity index (χ1n) is 15.6. The highest BCUT2D eigenvalue weighted by atomic mass is 15.1. The van der Waals surface area contributed by atoms with Gasteiger partial charge in [-0.25, -0.2) is 4.98 Å². The van der Waals surface area contributed by atoms with Crippen LogP contribution < -0.4 is 0 Å². The predicted octanol–water partition coefficient (Wildman–Crippen LogP) is 10.6. The molecule has 0 unspecified atom stereocenters. The van der Waals surface area contributed by atoms with E-state index in [9.17, 15) is 0 Å². The standard InChI is InChI=1S/C42H26N4/c1-3-12-27(13-4-1)32-25-36-35(19-11-23-43-36)44-42(32)46-37-20-10-9-18-31(37)33-24-34-40(26-39(33)46)45(29-15-5-2-6-16-29)38-22-21-28-14-7-8-17-30(28)41(34)38/h1-26H. The van der Waals surface area contributed by atoms with Gasteiger partial charge in [0.2, 0.25) is 0 Å². The zero-order chi connectivity index (χ0) is 30.2. The minimum absolute atomic E-state index is 0.869. The Morgan fingerprint density at radius 1 is 0.435 bits per heavy atom. The Bertz CT molecular complexity index is 2790. The Labute approximate surface area is 264 Å². The lowest BCUT2D eigenvalue weighted by Crippen LogP contribution is -2.02. The van der Waals surface area contributed by atoms with Crippen LogP contribution in [0.3, 0.4) is 0 Å². The van der Waals surface area contributed by atoms with Gasteiger partial charge in [-0.05, 0) is 70.9 Å². The molecule has 0 amide bonds. The molecule has 0 atom stereocenters. The second kappa shape index (κ2) is 9.62. The summed E-state index contributed by atoms with van der Waals surface area (Å²) in [6.07, 6.45) is 1.84. The lowest BCUT2D eigenvalue weighted by atomic mass is 10.0. The quantitative estimate of drug-likeness (QED) is 0.206. The summed E-state index contributed by atoms with van der Waals surface area (Å²) in [5.74, 6) is 0.894. The maximum absolute atomic E-state index is 5.33. The number of benzene rings is 6.